The number of nitrogens with one attached hydrogen (secondary N) is 1. The number of amides is 1. The van der Waals surface area contributed by atoms with Crippen molar-refractivity contribution in [2.24, 2.45) is 0 Å². The third-order valence-corrected chi connectivity index (χ3v) is 3.87. The van der Waals surface area contributed by atoms with Gasteiger partial charge in [-0.1, -0.05) is 12.1 Å². The van der Waals surface area contributed by atoms with Crippen molar-refractivity contribution in [2.75, 3.05) is 26.7 Å². The molecule has 1 amide bonds. The van der Waals surface area contributed by atoms with Crippen LogP contribution < -0.4 is 5.32 Å². The topological polar surface area (TPSA) is 41.6 Å². The van der Waals surface area contributed by atoms with Crippen molar-refractivity contribution >= 4 is 5.91 Å². The molecule has 0 aromatic heterocycles. The second kappa shape index (κ2) is 5.89. The monoisotopic (exact) mass is 280 g/mol. The predicted molar refractivity (Wildman–Crippen MR) is 74.8 cm³/mol. The molecule has 1 aromatic rings. The zero-order valence-electron chi connectivity index (χ0n) is 12.1. The molecule has 1 unspecified atom stereocenters. The average Bonchev–Trinajstić information content (AvgIpc) is 2.42. The highest BCUT2D eigenvalue weighted by Gasteiger charge is 2.33. The van der Waals surface area contributed by atoms with Gasteiger partial charge in [0.25, 0.3) is 0 Å². The number of benzene rings is 1. The maximum Gasteiger partial charge on any atom is 0.248 e. The van der Waals surface area contributed by atoms with Crippen LogP contribution in [0.5, 0.6) is 0 Å². The van der Waals surface area contributed by atoms with E-state index in [0.717, 1.165) is 18.7 Å². The van der Waals surface area contributed by atoms with Gasteiger partial charge in [-0.2, -0.15) is 0 Å². The van der Waals surface area contributed by atoms with Crippen LogP contribution >= 0.6 is 0 Å². The van der Waals surface area contributed by atoms with Crippen molar-refractivity contribution in [3.63, 3.8) is 0 Å². The molecule has 0 aliphatic carbocycles. The summed E-state index contributed by atoms with van der Waals surface area (Å²) >= 11 is 0. The summed E-state index contributed by atoms with van der Waals surface area (Å²) in [5.41, 5.74) is 0.675. The summed E-state index contributed by atoms with van der Waals surface area (Å²) in [6.07, 6.45) is 0. The number of likely N-dealkylation sites (N-methyl/N-ethyl adjacent to an activating group) is 1. The molecule has 20 heavy (non-hydrogen) atoms. The molecule has 0 spiro atoms. The van der Waals surface area contributed by atoms with Gasteiger partial charge in [-0.25, -0.2) is 4.39 Å². The Kier molecular flexibility index (Phi) is 4.40. The summed E-state index contributed by atoms with van der Waals surface area (Å²) in [5, 5.41) is 3.12. The molecule has 1 saturated heterocycles. The highest BCUT2D eigenvalue weighted by atomic mass is 19.1. The molecule has 1 heterocycles. The van der Waals surface area contributed by atoms with Crippen molar-refractivity contribution in [1.29, 1.82) is 0 Å². The van der Waals surface area contributed by atoms with Gasteiger partial charge in [0.2, 0.25) is 5.91 Å². The summed E-state index contributed by atoms with van der Waals surface area (Å²) in [6, 6.07) is 6.09. The highest BCUT2D eigenvalue weighted by molar-refractivity contribution is 5.77. The Hall–Kier alpha value is -1.46. The van der Waals surface area contributed by atoms with E-state index < -0.39 is 0 Å². The number of nitrogens with zero attached hydrogens (tertiary/aromatic N) is 1. The molecule has 4 nitrogen and oxygen atoms in total. The lowest BCUT2D eigenvalue weighted by Gasteiger charge is -2.39. The maximum atomic E-state index is 12.9. The Bertz CT molecular complexity index is 471. The Labute approximate surface area is 118 Å². The first-order valence-corrected chi connectivity index (χ1v) is 6.77. The van der Waals surface area contributed by atoms with E-state index in [1.54, 1.807) is 24.1 Å². The summed E-state index contributed by atoms with van der Waals surface area (Å²) < 4.78 is 18.5. The zero-order chi connectivity index (χ0) is 14.8. The molecule has 0 radical (unpaired) electrons. The smallest absolute Gasteiger partial charge is 0.248 e. The fraction of sp³-hybridized carbons (Fsp3) is 0.533. The van der Waals surface area contributed by atoms with Crippen molar-refractivity contribution in [3.8, 4) is 0 Å². The van der Waals surface area contributed by atoms with E-state index in [0.29, 0.717) is 0 Å². The number of hydrogen-bond donors (Lipinski definition) is 1. The first kappa shape index (κ1) is 14.9. The van der Waals surface area contributed by atoms with E-state index in [4.69, 9.17) is 4.74 Å². The van der Waals surface area contributed by atoms with E-state index in [-0.39, 0.29) is 30.0 Å². The van der Waals surface area contributed by atoms with E-state index in [1.807, 2.05) is 13.8 Å². The number of ether oxygens (including phenoxy) is 1. The van der Waals surface area contributed by atoms with E-state index in [9.17, 15) is 9.18 Å². The fourth-order valence-electron chi connectivity index (χ4n) is 2.10. The molecule has 1 atom stereocenters. The van der Waals surface area contributed by atoms with Crippen LogP contribution in [0.15, 0.2) is 24.3 Å². The molecule has 0 saturated carbocycles. The molecule has 5 heteroatoms. The van der Waals surface area contributed by atoms with Gasteiger partial charge in [-0.3, -0.25) is 4.79 Å². The SMILES string of the molecule is CC(c1ccc(F)cc1)N(C)C(=O)COC1(C)CNC1. The first-order chi connectivity index (χ1) is 9.41. The number of rotatable bonds is 5. The molecule has 1 fully saturated rings. The third-order valence-electron chi connectivity index (χ3n) is 3.87. The fourth-order valence-corrected chi connectivity index (χ4v) is 2.10. The van der Waals surface area contributed by atoms with Gasteiger partial charge in [0.05, 0.1) is 11.6 Å². The lowest BCUT2D eigenvalue weighted by atomic mass is 10.0. The third kappa shape index (κ3) is 3.35. The average molecular weight is 280 g/mol. The normalized spacial score (nSPS) is 18.2. The van der Waals surface area contributed by atoms with Gasteiger partial charge in [0.1, 0.15) is 12.4 Å². The Morgan fingerprint density at radius 2 is 2.05 bits per heavy atom. The second-order valence-corrected chi connectivity index (χ2v) is 5.57. The molecular formula is C15H21FN2O2. The van der Waals surface area contributed by atoms with Gasteiger partial charge in [-0.05, 0) is 31.5 Å². The lowest BCUT2D eigenvalue weighted by Crippen LogP contribution is -2.59. The largest absolute Gasteiger partial charge is 0.363 e. The minimum Gasteiger partial charge on any atom is -0.363 e. The molecule has 2 rings (SSSR count). The predicted octanol–water partition coefficient (Wildman–Crippen LogP) is 1.72. The van der Waals surface area contributed by atoms with Crippen molar-refractivity contribution < 1.29 is 13.9 Å². The van der Waals surface area contributed by atoms with Gasteiger partial charge >= 0.3 is 0 Å². The maximum absolute atomic E-state index is 12.9. The van der Waals surface area contributed by atoms with Crippen LogP contribution in [0, 0.1) is 5.82 Å². The van der Waals surface area contributed by atoms with Crippen molar-refractivity contribution in [3.05, 3.63) is 35.6 Å². The van der Waals surface area contributed by atoms with Gasteiger partial charge in [-0.15, -0.1) is 0 Å². The van der Waals surface area contributed by atoms with Crippen molar-refractivity contribution in [2.45, 2.75) is 25.5 Å². The van der Waals surface area contributed by atoms with Crippen LogP contribution in [0.25, 0.3) is 0 Å². The van der Waals surface area contributed by atoms with E-state index in [2.05, 4.69) is 5.32 Å². The van der Waals surface area contributed by atoms with Gasteiger partial charge in [0, 0.05) is 20.1 Å². The quantitative estimate of drug-likeness (QED) is 0.893. The van der Waals surface area contributed by atoms with Crippen LogP contribution in [0.4, 0.5) is 4.39 Å². The number of halogens is 1. The van der Waals surface area contributed by atoms with E-state index >= 15 is 0 Å². The summed E-state index contributed by atoms with van der Waals surface area (Å²) in [5.74, 6) is -0.348. The molecule has 110 valence electrons. The summed E-state index contributed by atoms with van der Waals surface area (Å²) in [7, 11) is 1.74. The van der Waals surface area contributed by atoms with Crippen LogP contribution in [-0.4, -0.2) is 43.2 Å². The molecule has 1 N–H and O–H groups in total. The molecule has 0 bridgehead atoms. The summed E-state index contributed by atoms with van der Waals surface area (Å²) in [4.78, 5) is 13.7. The molecular weight excluding hydrogens is 259 g/mol. The zero-order valence-corrected chi connectivity index (χ0v) is 12.1. The second-order valence-electron chi connectivity index (χ2n) is 5.57. The molecule has 1 aliphatic rings. The van der Waals surface area contributed by atoms with Crippen molar-refractivity contribution in [1.82, 2.24) is 10.2 Å². The molecule has 1 aromatic carbocycles. The standard InChI is InChI=1S/C15H21FN2O2/c1-11(12-4-6-13(16)7-5-12)18(3)14(19)8-20-15(2)9-17-10-15/h4-7,11,17H,8-10H2,1-3H3. The van der Waals surface area contributed by atoms with Crippen LogP contribution in [0.1, 0.15) is 25.5 Å². The van der Waals surface area contributed by atoms with Gasteiger partial charge in [0.15, 0.2) is 0 Å². The lowest BCUT2D eigenvalue weighted by molar-refractivity contribution is -0.146. The number of carbonyl (C=O) groups excluding carboxylic acids is 1. The Balaban J connectivity index is 1.90. The minimum absolute atomic E-state index is 0.0697. The van der Waals surface area contributed by atoms with Crippen LogP contribution in [0.3, 0.4) is 0 Å². The van der Waals surface area contributed by atoms with Gasteiger partial charge < -0.3 is 15.0 Å². The summed E-state index contributed by atoms with van der Waals surface area (Å²) in [6.45, 7) is 5.52. The Morgan fingerprint density at radius 1 is 1.45 bits per heavy atom. The Morgan fingerprint density at radius 3 is 2.55 bits per heavy atom. The van der Waals surface area contributed by atoms with Crippen LogP contribution in [-0.2, 0) is 9.53 Å². The first-order valence-electron chi connectivity index (χ1n) is 6.77. The number of hydrogen-bond acceptors (Lipinski definition) is 3. The number of carbonyl (C=O) groups is 1. The highest BCUT2D eigenvalue weighted by Crippen LogP contribution is 2.20. The van der Waals surface area contributed by atoms with Crippen LogP contribution in [0.2, 0.25) is 0 Å². The van der Waals surface area contributed by atoms with E-state index in [1.165, 1.54) is 12.1 Å². The molecule has 1 aliphatic heterocycles. The minimum atomic E-state index is -0.274.